The van der Waals surface area contributed by atoms with Crippen LogP contribution in [0.1, 0.15) is 61.9 Å². The zero-order valence-corrected chi connectivity index (χ0v) is 30.5. The van der Waals surface area contributed by atoms with Crippen LogP contribution in [0.25, 0.3) is 83.2 Å². The lowest BCUT2D eigenvalue weighted by atomic mass is 9.88. The second-order valence-electron chi connectivity index (χ2n) is 14.7. The van der Waals surface area contributed by atoms with Crippen LogP contribution < -0.4 is 0 Å². The van der Waals surface area contributed by atoms with Gasteiger partial charge < -0.3 is 4.42 Å². The average molecular weight is 676 g/mol. The van der Waals surface area contributed by atoms with Crippen LogP contribution in [0.5, 0.6) is 0 Å². The predicted octanol–water partition coefficient (Wildman–Crippen LogP) is 13.3. The Hall–Kier alpha value is -6.00. The summed E-state index contributed by atoms with van der Waals surface area (Å²) in [5.74, 6) is 1.32. The molecule has 9 aromatic rings. The van der Waals surface area contributed by atoms with Crippen molar-refractivity contribution in [2.45, 2.75) is 53.4 Å². The highest BCUT2D eigenvalue weighted by molar-refractivity contribution is 6.11. The van der Waals surface area contributed by atoms with Gasteiger partial charge in [-0.1, -0.05) is 130 Å². The molecule has 4 nitrogen and oxygen atoms in total. The molecule has 0 aliphatic heterocycles. The van der Waals surface area contributed by atoms with E-state index in [9.17, 15) is 0 Å². The van der Waals surface area contributed by atoms with Gasteiger partial charge in [0.25, 0.3) is 0 Å². The first-order valence-electron chi connectivity index (χ1n) is 18.3. The molecule has 0 spiro atoms. The SMILES string of the molecule is Cc1ccc(-c2ccc3c(c2)oc2c(-c4nc5nc(C)c6ccccc6c5n4-c4c(C(C)C)cc(-c5ccccc5)cc4C(C)C)cccc23)cc1. The van der Waals surface area contributed by atoms with Crippen molar-refractivity contribution in [3.05, 3.63) is 150 Å². The largest absolute Gasteiger partial charge is 0.455 e. The summed E-state index contributed by atoms with van der Waals surface area (Å²) in [6.45, 7) is 13.4. The average Bonchev–Trinajstić information content (AvgIpc) is 3.73. The Bertz CT molecular complexity index is 2770. The Morgan fingerprint density at radius 3 is 1.88 bits per heavy atom. The third-order valence-corrected chi connectivity index (χ3v) is 10.6. The fraction of sp³-hybridized carbons (Fsp3) is 0.167. The minimum Gasteiger partial charge on any atom is -0.455 e. The van der Waals surface area contributed by atoms with Gasteiger partial charge in [0.2, 0.25) is 0 Å². The summed E-state index contributed by atoms with van der Waals surface area (Å²) in [7, 11) is 0. The Kier molecular flexibility index (Phi) is 7.58. The fourth-order valence-electron chi connectivity index (χ4n) is 7.87. The molecule has 52 heavy (non-hydrogen) atoms. The van der Waals surface area contributed by atoms with E-state index < -0.39 is 0 Å². The first kappa shape index (κ1) is 31.9. The Morgan fingerprint density at radius 1 is 0.538 bits per heavy atom. The highest BCUT2D eigenvalue weighted by atomic mass is 16.3. The summed E-state index contributed by atoms with van der Waals surface area (Å²) in [4.78, 5) is 10.6. The van der Waals surface area contributed by atoms with Crippen LogP contribution in [0, 0.1) is 13.8 Å². The van der Waals surface area contributed by atoms with Crippen molar-refractivity contribution in [2.24, 2.45) is 0 Å². The van der Waals surface area contributed by atoms with Crippen molar-refractivity contribution < 1.29 is 4.42 Å². The normalized spacial score (nSPS) is 12.0. The standard InChI is InChI=1S/C48H41N3O/c1-28(2)41-25-35(32-13-8-7-9-14-32)26-42(29(3)4)44(41)51-45-38-16-11-10-15-36(38)31(6)49-47(45)50-48(51)40-18-12-17-39-37-24-23-34(27-43(37)52-46(39)40)33-21-19-30(5)20-22-33/h7-29H,1-6H3. The summed E-state index contributed by atoms with van der Waals surface area (Å²) in [5, 5.41) is 4.43. The minimum atomic E-state index is 0.244. The number of imidazole rings is 1. The second-order valence-corrected chi connectivity index (χ2v) is 14.7. The van der Waals surface area contributed by atoms with E-state index in [1.54, 1.807) is 0 Å². The lowest BCUT2D eigenvalue weighted by molar-refractivity contribution is 0.669. The van der Waals surface area contributed by atoms with Crippen LogP contribution in [0.4, 0.5) is 0 Å². The monoisotopic (exact) mass is 675 g/mol. The Labute approximate surface area is 304 Å². The number of benzene rings is 6. The maximum absolute atomic E-state index is 6.88. The van der Waals surface area contributed by atoms with Crippen LogP contribution >= 0.6 is 0 Å². The van der Waals surface area contributed by atoms with Crippen LogP contribution in [-0.2, 0) is 0 Å². The van der Waals surface area contributed by atoms with E-state index >= 15 is 0 Å². The third kappa shape index (κ3) is 5.12. The molecule has 0 atom stereocenters. The van der Waals surface area contributed by atoms with Crippen LogP contribution in [0.15, 0.2) is 132 Å². The number of nitrogens with zero attached hydrogens (tertiary/aromatic N) is 3. The molecule has 0 aliphatic rings. The van der Waals surface area contributed by atoms with Gasteiger partial charge in [-0.3, -0.25) is 4.57 Å². The molecule has 0 fully saturated rings. The number of pyridine rings is 1. The van der Waals surface area contributed by atoms with Gasteiger partial charge in [0.05, 0.1) is 11.3 Å². The van der Waals surface area contributed by atoms with Crippen LogP contribution in [-0.4, -0.2) is 14.5 Å². The van der Waals surface area contributed by atoms with E-state index in [-0.39, 0.29) is 11.8 Å². The summed E-state index contributed by atoms with van der Waals surface area (Å²) in [5.41, 5.74) is 15.1. The first-order valence-corrected chi connectivity index (χ1v) is 18.3. The van der Waals surface area contributed by atoms with Gasteiger partial charge in [-0.25, -0.2) is 9.97 Å². The maximum Gasteiger partial charge on any atom is 0.179 e. The number of hydrogen-bond donors (Lipinski definition) is 0. The summed E-state index contributed by atoms with van der Waals surface area (Å²) < 4.78 is 9.29. The van der Waals surface area contributed by atoms with E-state index in [1.807, 2.05) is 0 Å². The Morgan fingerprint density at radius 2 is 1.17 bits per heavy atom. The molecule has 3 aromatic heterocycles. The van der Waals surface area contributed by atoms with Crippen molar-refractivity contribution in [2.75, 3.05) is 0 Å². The quantitative estimate of drug-likeness (QED) is 0.176. The van der Waals surface area contributed by atoms with E-state index in [1.165, 1.54) is 39.1 Å². The highest BCUT2D eigenvalue weighted by Crippen LogP contribution is 2.44. The number of furan rings is 1. The molecule has 4 heteroatoms. The Balaban J connectivity index is 1.39. The van der Waals surface area contributed by atoms with Crippen molar-refractivity contribution >= 4 is 43.9 Å². The molecular formula is C48H41N3O. The van der Waals surface area contributed by atoms with Gasteiger partial charge in [0, 0.05) is 27.2 Å². The lowest BCUT2D eigenvalue weighted by Crippen LogP contribution is -2.10. The molecule has 0 unspecified atom stereocenters. The summed E-state index contributed by atoms with van der Waals surface area (Å²) in [6.07, 6.45) is 0. The van der Waals surface area contributed by atoms with Crippen LogP contribution in [0.2, 0.25) is 0 Å². The van der Waals surface area contributed by atoms with Gasteiger partial charge in [0.15, 0.2) is 11.5 Å². The molecule has 0 radical (unpaired) electrons. The molecule has 0 amide bonds. The zero-order valence-electron chi connectivity index (χ0n) is 30.5. The van der Waals surface area contributed by atoms with E-state index in [0.29, 0.717) is 0 Å². The molecule has 0 aliphatic carbocycles. The van der Waals surface area contributed by atoms with E-state index in [4.69, 9.17) is 14.4 Å². The number of hydrogen-bond acceptors (Lipinski definition) is 3. The topological polar surface area (TPSA) is 43.9 Å². The number of aryl methyl sites for hydroxylation is 2. The lowest BCUT2D eigenvalue weighted by Gasteiger charge is -2.24. The van der Waals surface area contributed by atoms with Crippen molar-refractivity contribution in [1.82, 2.24) is 14.5 Å². The third-order valence-electron chi connectivity index (χ3n) is 10.6. The molecule has 6 aromatic carbocycles. The molecule has 9 rings (SSSR count). The fourth-order valence-corrected chi connectivity index (χ4v) is 7.87. The maximum atomic E-state index is 6.88. The number of aromatic nitrogens is 3. The van der Waals surface area contributed by atoms with Crippen molar-refractivity contribution in [3.8, 4) is 39.3 Å². The second kappa shape index (κ2) is 12.3. The predicted molar refractivity (Wildman–Crippen MR) is 218 cm³/mol. The minimum absolute atomic E-state index is 0.244. The molecule has 254 valence electrons. The highest BCUT2D eigenvalue weighted by Gasteiger charge is 2.27. The number of fused-ring (bicyclic) bond motifs is 6. The smallest absolute Gasteiger partial charge is 0.179 e. The molecule has 0 bridgehead atoms. The zero-order chi connectivity index (χ0) is 35.7. The van der Waals surface area contributed by atoms with E-state index in [0.717, 1.165) is 66.5 Å². The van der Waals surface area contributed by atoms with Crippen molar-refractivity contribution in [1.29, 1.82) is 0 Å². The molecule has 0 N–H and O–H groups in total. The molecule has 3 heterocycles. The first-order chi connectivity index (χ1) is 25.3. The van der Waals surface area contributed by atoms with E-state index in [2.05, 4.69) is 174 Å². The summed E-state index contributed by atoms with van der Waals surface area (Å²) in [6, 6.07) is 45.8. The van der Waals surface area contributed by atoms with Gasteiger partial charge in [-0.15, -0.1) is 0 Å². The van der Waals surface area contributed by atoms with Crippen molar-refractivity contribution in [3.63, 3.8) is 0 Å². The van der Waals surface area contributed by atoms with Gasteiger partial charge >= 0.3 is 0 Å². The van der Waals surface area contributed by atoms with Gasteiger partial charge in [-0.2, -0.15) is 0 Å². The molecule has 0 saturated heterocycles. The number of rotatable bonds is 6. The van der Waals surface area contributed by atoms with Gasteiger partial charge in [0.1, 0.15) is 16.7 Å². The van der Waals surface area contributed by atoms with Crippen LogP contribution in [0.3, 0.4) is 0 Å². The van der Waals surface area contributed by atoms with Gasteiger partial charge in [-0.05, 0) is 89.4 Å². The number of para-hydroxylation sites is 1. The molecular weight excluding hydrogens is 635 g/mol. The molecule has 0 saturated carbocycles. The summed E-state index contributed by atoms with van der Waals surface area (Å²) >= 11 is 0.